The van der Waals surface area contributed by atoms with Crippen LogP contribution >= 0.6 is 0 Å². The van der Waals surface area contributed by atoms with Crippen molar-refractivity contribution in [2.75, 3.05) is 6.61 Å². The van der Waals surface area contributed by atoms with Gasteiger partial charge in [0.1, 0.15) is 5.75 Å². The van der Waals surface area contributed by atoms with Gasteiger partial charge in [-0.2, -0.15) is 0 Å². The van der Waals surface area contributed by atoms with Gasteiger partial charge in [0.25, 0.3) is 5.91 Å². The zero-order valence-corrected chi connectivity index (χ0v) is 12.8. The van der Waals surface area contributed by atoms with Gasteiger partial charge in [-0.1, -0.05) is 12.1 Å². The molecule has 0 unspecified atom stereocenters. The Morgan fingerprint density at radius 1 is 1.13 bits per heavy atom. The number of nitrogens with one attached hydrogen (secondary N) is 3. The quantitative estimate of drug-likeness (QED) is 0.419. The number of hydrogen-bond donors (Lipinski definition) is 3. The number of benzene rings is 1. The van der Waals surface area contributed by atoms with E-state index in [1.807, 2.05) is 6.92 Å². The first-order valence-electron chi connectivity index (χ1n) is 7.40. The molecule has 7 heteroatoms. The molecule has 1 aliphatic carbocycles. The minimum atomic E-state index is -0.889. The van der Waals surface area contributed by atoms with Crippen LogP contribution in [-0.2, 0) is 14.4 Å². The molecule has 1 fully saturated rings. The summed E-state index contributed by atoms with van der Waals surface area (Å²) in [5, 5.41) is 2.52. The van der Waals surface area contributed by atoms with Gasteiger partial charge >= 0.3 is 11.8 Å². The second-order valence-corrected chi connectivity index (χ2v) is 5.03. The second kappa shape index (κ2) is 7.98. The highest BCUT2D eigenvalue weighted by molar-refractivity contribution is 6.35. The van der Waals surface area contributed by atoms with E-state index in [0.717, 1.165) is 24.2 Å². The molecule has 2 rings (SSSR count). The molecule has 0 spiro atoms. The maximum atomic E-state index is 11.6. The van der Waals surface area contributed by atoms with Gasteiger partial charge in [0, 0.05) is 12.1 Å². The third kappa shape index (κ3) is 5.82. The summed E-state index contributed by atoms with van der Waals surface area (Å²) in [6, 6.07) is 7.28. The van der Waals surface area contributed by atoms with Crippen molar-refractivity contribution in [1.29, 1.82) is 0 Å². The predicted octanol–water partition coefficient (Wildman–Crippen LogP) is 0.524. The fourth-order valence-electron chi connectivity index (χ4n) is 1.71. The molecule has 7 nitrogen and oxygen atoms in total. The molecule has 1 aliphatic rings. The van der Waals surface area contributed by atoms with E-state index in [0.29, 0.717) is 6.61 Å². The lowest BCUT2D eigenvalue weighted by Gasteiger charge is -2.05. The lowest BCUT2D eigenvalue weighted by atomic mass is 10.2. The first-order chi connectivity index (χ1) is 11.1. The fourth-order valence-corrected chi connectivity index (χ4v) is 1.71. The average molecular weight is 317 g/mol. The van der Waals surface area contributed by atoms with E-state index >= 15 is 0 Å². The van der Waals surface area contributed by atoms with Crippen LogP contribution in [0.2, 0.25) is 0 Å². The van der Waals surface area contributed by atoms with E-state index in [9.17, 15) is 14.4 Å². The van der Waals surface area contributed by atoms with Crippen LogP contribution in [0, 0.1) is 0 Å². The molecule has 0 heterocycles. The number of ether oxygens (including phenoxy) is 1. The summed E-state index contributed by atoms with van der Waals surface area (Å²) in [6.07, 6.45) is 4.61. The van der Waals surface area contributed by atoms with Crippen LogP contribution < -0.4 is 20.9 Å². The van der Waals surface area contributed by atoms with Crippen LogP contribution in [0.5, 0.6) is 5.75 Å². The molecule has 0 saturated heterocycles. The van der Waals surface area contributed by atoms with E-state index in [1.165, 1.54) is 6.08 Å². The largest absolute Gasteiger partial charge is 0.494 e. The molecule has 0 aliphatic heterocycles. The molecule has 0 radical (unpaired) electrons. The zero-order valence-electron chi connectivity index (χ0n) is 12.8. The van der Waals surface area contributed by atoms with E-state index in [-0.39, 0.29) is 6.04 Å². The van der Waals surface area contributed by atoms with Crippen LogP contribution in [0.25, 0.3) is 6.08 Å². The second-order valence-electron chi connectivity index (χ2n) is 5.03. The molecule has 23 heavy (non-hydrogen) atoms. The van der Waals surface area contributed by atoms with Crippen molar-refractivity contribution >= 4 is 23.8 Å². The fraction of sp³-hybridized carbons (Fsp3) is 0.312. The lowest BCUT2D eigenvalue weighted by molar-refractivity contribution is -0.140. The van der Waals surface area contributed by atoms with Gasteiger partial charge in [-0.25, -0.2) is 0 Å². The molecular formula is C16H19N3O4. The molecule has 0 atom stereocenters. The van der Waals surface area contributed by atoms with Gasteiger partial charge in [-0.15, -0.1) is 0 Å². The maximum Gasteiger partial charge on any atom is 0.327 e. The zero-order chi connectivity index (χ0) is 16.7. The van der Waals surface area contributed by atoms with Crippen LogP contribution in [0.1, 0.15) is 25.3 Å². The highest BCUT2D eigenvalue weighted by atomic mass is 16.5. The molecule has 1 aromatic rings. The van der Waals surface area contributed by atoms with E-state index < -0.39 is 17.7 Å². The van der Waals surface area contributed by atoms with Crippen molar-refractivity contribution in [1.82, 2.24) is 16.2 Å². The third-order valence-corrected chi connectivity index (χ3v) is 3.04. The number of amides is 3. The van der Waals surface area contributed by atoms with E-state index in [4.69, 9.17) is 4.74 Å². The molecule has 0 aromatic heterocycles. The summed E-state index contributed by atoms with van der Waals surface area (Å²) in [6.45, 7) is 2.49. The highest BCUT2D eigenvalue weighted by Gasteiger charge is 2.26. The van der Waals surface area contributed by atoms with Crippen LogP contribution in [-0.4, -0.2) is 30.4 Å². The van der Waals surface area contributed by atoms with Gasteiger partial charge < -0.3 is 10.1 Å². The van der Waals surface area contributed by atoms with Crippen molar-refractivity contribution in [2.24, 2.45) is 0 Å². The molecular weight excluding hydrogens is 298 g/mol. The Morgan fingerprint density at radius 3 is 2.43 bits per heavy atom. The van der Waals surface area contributed by atoms with Crippen LogP contribution in [0.3, 0.4) is 0 Å². The minimum absolute atomic E-state index is 0.0866. The number of rotatable bonds is 5. The summed E-state index contributed by atoms with van der Waals surface area (Å²) >= 11 is 0. The Labute approximate surface area is 134 Å². The van der Waals surface area contributed by atoms with Crippen LogP contribution in [0.4, 0.5) is 0 Å². The Morgan fingerprint density at radius 2 is 1.83 bits per heavy atom. The van der Waals surface area contributed by atoms with Gasteiger partial charge in [-0.05, 0) is 43.5 Å². The lowest BCUT2D eigenvalue weighted by Crippen LogP contribution is -2.48. The maximum absolute atomic E-state index is 11.6. The summed E-state index contributed by atoms with van der Waals surface area (Å²) in [5.74, 6) is -1.42. The molecule has 3 N–H and O–H groups in total. The first-order valence-corrected chi connectivity index (χ1v) is 7.40. The van der Waals surface area contributed by atoms with Crippen molar-refractivity contribution in [3.63, 3.8) is 0 Å². The topological polar surface area (TPSA) is 96.5 Å². The highest BCUT2D eigenvalue weighted by Crippen LogP contribution is 2.18. The Balaban J connectivity index is 1.74. The standard InChI is InChI=1S/C16H19N3O4/c1-2-23-13-8-3-11(4-9-13)5-10-14(20)18-19-16(22)15(21)17-12-6-7-12/h3-5,8-10,12H,2,6-7H2,1H3,(H,17,21)(H,18,20)(H,19,22)/b10-5+. The first kappa shape index (κ1) is 16.5. The normalized spacial score (nSPS) is 13.4. The molecule has 3 amide bonds. The molecule has 0 bridgehead atoms. The summed E-state index contributed by atoms with van der Waals surface area (Å²) in [7, 11) is 0. The number of carbonyl (C=O) groups excluding carboxylic acids is 3. The van der Waals surface area contributed by atoms with Gasteiger partial charge in [-0.3, -0.25) is 25.2 Å². The number of hydrogen-bond acceptors (Lipinski definition) is 4. The molecule has 122 valence electrons. The van der Waals surface area contributed by atoms with Gasteiger partial charge in [0.05, 0.1) is 6.61 Å². The average Bonchev–Trinajstić information content (AvgIpc) is 3.36. The van der Waals surface area contributed by atoms with Crippen LogP contribution in [0.15, 0.2) is 30.3 Å². The number of hydrazine groups is 1. The summed E-state index contributed by atoms with van der Waals surface area (Å²) in [5.41, 5.74) is 5.01. The van der Waals surface area contributed by atoms with E-state index in [1.54, 1.807) is 30.3 Å². The van der Waals surface area contributed by atoms with Crippen molar-refractivity contribution in [2.45, 2.75) is 25.8 Å². The molecule has 1 aromatic carbocycles. The Bertz CT molecular complexity index is 606. The smallest absolute Gasteiger partial charge is 0.327 e. The Hall–Kier alpha value is -2.83. The van der Waals surface area contributed by atoms with Crippen molar-refractivity contribution in [3.8, 4) is 5.75 Å². The predicted molar refractivity (Wildman–Crippen MR) is 84.1 cm³/mol. The monoisotopic (exact) mass is 317 g/mol. The number of carbonyl (C=O) groups is 3. The van der Waals surface area contributed by atoms with Gasteiger partial charge in [0.15, 0.2) is 0 Å². The summed E-state index contributed by atoms with van der Waals surface area (Å²) < 4.78 is 5.32. The molecule has 1 saturated carbocycles. The summed E-state index contributed by atoms with van der Waals surface area (Å²) in [4.78, 5) is 34.4. The third-order valence-electron chi connectivity index (χ3n) is 3.04. The van der Waals surface area contributed by atoms with E-state index in [2.05, 4.69) is 16.2 Å². The van der Waals surface area contributed by atoms with Gasteiger partial charge in [0.2, 0.25) is 0 Å². The minimum Gasteiger partial charge on any atom is -0.494 e. The SMILES string of the molecule is CCOc1ccc(/C=C/C(=O)NNC(=O)C(=O)NC2CC2)cc1. The van der Waals surface area contributed by atoms with Crippen molar-refractivity contribution in [3.05, 3.63) is 35.9 Å². The Kier molecular flexibility index (Phi) is 5.74. The van der Waals surface area contributed by atoms with Crippen molar-refractivity contribution < 1.29 is 19.1 Å².